The zero-order valence-corrected chi connectivity index (χ0v) is 12.6. The molecule has 0 amide bonds. The average molecular weight is 357 g/mol. The molecule has 0 aliphatic rings. The van der Waals surface area contributed by atoms with Gasteiger partial charge in [0.05, 0.1) is 5.38 Å². The van der Waals surface area contributed by atoms with Gasteiger partial charge in [0.1, 0.15) is 0 Å². The van der Waals surface area contributed by atoms with E-state index in [0.29, 0.717) is 0 Å². The smallest absolute Gasteiger partial charge is 0.0626 e. The van der Waals surface area contributed by atoms with Gasteiger partial charge in [-0.2, -0.15) is 0 Å². The van der Waals surface area contributed by atoms with E-state index in [0.717, 1.165) is 6.42 Å². The molecule has 0 radical (unpaired) electrons. The lowest BCUT2D eigenvalue weighted by Gasteiger charge is -2.12. The standard InChI is InChI=1S/C15H14ClI/c1-11-5-2-3-6-12(11)10-15(16)13-7-4-8-14(17)9-13/h2-9,15H,10H2,1H3. The second kappa shape index (κ2) is 5.87. The molecule has 1 unspecified atom stereocenters. The summed E-state index contributed by atoms with van der Waals surface area (Å²) in [5.41, 5.74) is 3.83. The minimum Gasteiger partial charge on any atom is -0.117 e. The Morgan fingerprint density at radius 1 is 1.12 bits per heavy atom. The van der Waals surface area contributed by atoms with Crippen molar-refractivity contribution in [1.29, 1.82) is 0 Å². The number of benzene rings is 2. The molecular formula is C15H14ClI. The molecule has 0 saturated carbocycles. The van der Waals surface area contributed by atoms with Crippen LogP contribution in [-0.2, 0) is 6.42 Å². The van der Waals surface area contributed by atoms with Gasteiger partial charge in [-0.15, -0.1) is 11.6 Å². The molecule has 0 aliphatic heterocycles. The van der Waals surface area contributed by atoms with Gasteiger partial charge in [0, 0.05) is 3.57 Å². The van der Waals surface area contributed by atoms with Crippen molar-refractivity contribution in [2.75, 3.05) is 0 Å². The highest BCUT2D eigenvalue weighted by Gasteiger charge is 2.10. The molecule has 0 bridgehead atoms. The fourth-order valence-corrected chi connectivity index (χ4v) is 2.72. The van der Waals surface area contributed by atoms with Crippen LogP contribution in [0.4, 0.5) is 0 Å². The largest absolute Gasteiger partial charge is 0.117 e. The molecule has 0 heterocycles. The lowest BCUT2D eigenvalue weighted by Crippen LogP contribution is -1.98. The predicted octanol–water partition coefficient (Wildman–Crippen LogP) is 5.12. The van der Waals surface area contributed by atoms with Crippen molar-refractivity contribution in [2.24, 2.45) is 0 Å². The molecule has 2 rings (SSSR count). The first-order valence-electron chi connectivity index (χ1n) is 5.61. The van der Waals surface area contributed by atoms with Crippen LogP contribution in [0, 0.1) is 10.5 Å². The first-order valence-corrected chi connectivity index (χ1v) is 7.12. The number of hydrogen-bond acceptors (Lipinski definition) is 0. The van der Waals surface area contributed by atoms with Crippen LogP contribution < -0.4 is 0 Å². The van der Waals surface area contributed by atoms with E-state index in [1.165, 1.54) is 20.3 Å². The molecule has 0 spiro atoms. The monoisotopic (exact) mass is 356 g/mol. The maximum absolute atomic E-state index is 6.48. The zero-order valence-electron chi connectivity index (χ0n) is 9.66. The quantitative estimate of drug-likeness (QED) is 0.529. The molecule has 2 heteroatoms. The fourth-order valence-electron chi connectivity index (χ4n) is 1.85. The summed E-state index contributed by atoms with van der Waals surface area (Å²) in [6, 6.07) is 16.8. The second-order valence-corrected chi connectivity index (χ2v) is 5.93. The molecule has 0 fully saturated rings. The molecule has 0 nitrogen and oxygen atoms in total. The Balaban J connectivity index is 2.17. The van der Waals surface area contributed by atoms with Crippen LogP contribution in [0.2, 0.25) is 0 Å². The average Bonchev–Trinajstić information content (AvgIpc) is 2.32. The van der Waals surface area contributed by atoms with E-state index in [1.54, 1.807) is 0 Å². The predicted molar refractivity (Wildman–Crippen MR) is 82.6 cm³/mol. The lowest BCUT2D eigenvalue weighted by atomic mass is 10.0. The summed E-state index contributed by atoms with van der Waals surface area (Å²) in [6.45, 7) is 2.13. The molecule has 0 aliphatic carbocycles. The van der Waals surface area contributed by atoms with Crippen LogP contribution in [0.3, 0.4) is 0 Å². The molecule has 2 aromatic carbocycles. The lowest BCUT2D eigenvalue weighted by molar-refractivity contribution is 0.910. The number of hydrogen-bond donors (Lipinski definition) is 0. The molecule has 0 N–H and O–H groups in total. The number of alkyl halides is 1. The molecule has 1 atom stereocenters. The van der Waals surface area contributed by atoms with Gasteiger partial charge >= 0.3 is 0 Å². The van der Waals surface area contributed by atoms with Crippen molar-refractivity contribution in [2.45, 2.75) is 18.7 Å². The van der Waals surface area contributed by atoms with Crippen LogP contribution in [-0.4, -0.2) is 0 Å². The van der Waals surface area contributed by atoms with Crippen molar-refractivity contribution in [1.82, 2.24) is 0 Å². The Morgan fingerprint density at radius 3 is 2.59 bits per heavy atom. The van der Waals surface area contributed by atoms with Gasteiger partial charge in [0.2, 0.25) is 0 Å². The van der Waals surface area contributed by atoms with E-state index in [2.05, 4.69) is 78.0 Å². The van der Waals surface area contributed by atoms with E-state index >= 15 is 0 Å². The fraction of sp³-hybridized carbons (Fsp3) is 0.200. The molecule has 0 aromatic heterocycles. The third-order valence-corrected chi connectivity index (χ3v) is 3.95. The van der Waals surface area contributed by atoms with E-state index in [4.69, 9.17) is 11.6 Å². The van der Waals surface area contributed by atoms with Crippen molar-refractivity contribution in [3.8, 4) is 0 Å². The summed E-state index contributed by atoms with van der Waals surface area (Å²) in [7, 11) is 0. The van der Waals surface area contributed by atoms with Gasteiger partial charge in [-0.3, -0.25) is 0 Å². The maximum Gasteiger partial charge on any atom is 0.0626 e. The van der Waals surface area contributed by atoms with Crippen LogP contribution in [0.25, 0.3) is 0 Å². The van der Waals surface area contributed by atoms with Crippen LogP contribution >= 0.6 is 34.2 Å². The SMILES string of the molecule is Cc1ccccc1CC(Cl)c1cccc(I)c1. The highest BCUT2D eigenvalue weighted by atomic mass is 127. The Kier molecular flexibility index (Phi) is 4.46. The van der Waals surface area contributed by atoms with Gasteiger partial charge in [-0.05, 0) is 64.8 Å². The summed E-state index contributed by atoms with van der Waals surface area (Å²) >= 11 is 8.80. The minimum atomic E-state index is 0.0471. The Hall–Kier alpha value is -0.540. The van der Waals surface area contributed by atoms with Crippen molar-refractivity contribution >= 4 is 34.2 Å². The molecule has 2 aromatic rings. The van der Waals surface area contributed by atoms with Crippen LogP contribution in [0.15, 0.2) is 48.5 Å². The summed E-state index contributed by atoms with van der Waals surface area (Å²) in [6.07, 6.45) is 0.883. The van der Waals surface area contributed by atoms with E-state index in [9.17, 15) is 0 Å². The third-order valence-electron chi connectivity index (χ3n) is 2.87. The summed E-state index contributed by atoms with van der Waals surface area (Å²) in [4.78, 5) is 0. The number of aryl methyl sites for hydroxylation is 1. The van der Waals surface area contributed by atoms with Crippen molar-refractivity contribution in [3.63, 3.8) is 0 Å². The number of rotatable bonds is 3. The maximum atomic E-state index is 6.48. The third kappa shape index (κ3) is 3.46. The first kappa shape index (κ1) is 12.9. The normalized spacial score (nSPS) is 12.4. The highest BCUT2D eigenvalue weighted by molar-refractivity contribution is 14.1. The van der Waals surface area contributed by atoms with E-state index < -0.39 is 0 Å². The second-order valence-electron chi connectivity index (χ2n) is 4.15. The molecule has 17 heavy (non-hydrogen) atoms. The molecular weight excluding hydrogens is 343 g/mol. The van der Waals surface area contributed by atoms with Crippen molar-refractivity contribution in [3.05, 3.63) is 68.8 Å². The van der Waals surface area contributed by atoms with Crippen LogP contribution in [0.5, 0.6) is 0 Å². The molecule has 0 saturated heterocycles. The van der Waals surface area contributed by atoms with Gasteiger partial charge in [-0.25, -0.2) is 0 Å². The van der Waals surface area contributed by atoms with Gasteiger partial charge in [0.25, 0.3) is 0 Å². The summed E-state index contributed by atoms with van der Waals surface area (Å²) in [5.74, 6) is 0. The van der Waals surface area contributed by atoms with Gasteiger partial charge < -0.3 is 0 Å². The minimum absolute atomic E-state index is 0.0471. The van der Waals surface area contributed by atoms with Crippen molar-refractivity contribution < 1.29 is 0 Å². The van der Waals surface area contributed by atoms with Crippen LogP contribution in [0.1, 0.15) is 22.1 Å². The Labute approximate surface area is 121 Å². The Bertz CT molecular complexity index is 508. The van der Waals surface area contributed by atoms with Gasteiger partial charge in [-0.1, -0.05) is 36.4 Å². The topological polar surface area (TPSA) is 0 Å². The molecule has 88 valence electrons. The summed E-state index contributed by atoms with van der Waals surface area (Å²) in [5, 5.41) is 0.0471. The Morgan fingerprint density at radius 2 is 1.88 bits per heavy atom. The van der Waals surface area contributed by atoms with E-state index in [-0.39, 0.29) is 5.38 Å². The van der Waals surface area contributed by atoms with E-state index in [1.807, 2.05) is 0 Å². The highest BCUT2D eigenvalue weighted by Crippen LogP contribution is 2.27. The summed E-state index contributed by atoms with van der Waals surface area (Å²) < 4.78 is 1.23. The number of halogens is 2. The zero-order chi connectivity index (χ0) is 12.3. The van der Waals surface area contributed by atoms with Gasteiger partial charge in [0.15, 0.2) is 0 Å². The first-order chi connectivity index (χ1) is 8.16.